The van der Waals surface area contributed by atoms with Gasteiger partial charge in [-0.05, 0) is 25.1 Å². The van der Waals surface area contributed by atoms with Crippen LogP contribution in [0.5, 0.6) is 5.75 Å². The van der Waals surface area contributed by atoms with Gasteiger partial charge in [0.05, 0.1) is 24.4 Å². The molecule has 17 heavy (non-hydrogen) atoms. The van der Waals surface area contributed by atoms with Crippen LogP contribution in [0.3, 0.4) is 0 Å². The van der Waals surface area contributed by atoms with Gasteiger partial charge >= 0.3 is 0 Å². The van der Waals surface area contributed by atoms with E-state index in [0.29, 0.717) is 22.8 Å². The lowest BCUT2D eigenvalue weighted by molar-refractivity contribution is 0.415. The van der Waals surface area contributed by atoms with E-state index in [4.69, 9.17) is 4.74 Å². The summed E-state index contributed by atoms with van der Waals surface area (Å²) in [6.07, 6.45) is 0. The number of benzene rings is 1. The van der Waals surface area contributed by atoms with Crippen molar-refractivity contribution in [3.05, 3.63) is 24.0 Å². The maximum absolute atomic E-state index is 13.3. The molecule has 1 aromatic heterocycles. The third-order valence-electron chi connectivity index (χ3n) is 2.25. The molecular formula is C11H12FN3OS. The fourth-order valence-corrected chi connectivity index (χ4v) is 2.05. The Morgan fingerprint density at radius 1 is 1.41 bits per heavy atom. The number of aromatic nitrogens is 2. The van der Waals surface area contributed by atoms with E-state index in [1.807, 2.05) is 6.92 Å². The fourth-order valence-electron chi connectivity index (χ4n) is 1.51. The molecule has 0 unspecified atom stereocenters. The highest BCUT2D eigenvalue weighted by Crippen LogP contribution is 2.33. The SMILES string of the molecule is CCNc1nsnc1-c1cc(F)ccc1OC. The molecule has 6 heteroatoms. The maximum atomic E-state index is 13.3. The third kappa shape index (κ3) is 2.36. The highest BCUT2D eigenvalue weighted by molar-refractivity contribution is 6.99. The van der Waals surface area contributed by atoms with Gasteiger partial charge in [0.25, 0.3) is 0 Å². The van der Waals surface area contributed by atoms with Crippen LogP contribution >= 0.6 is 11.7 Å². The summed E-state index contributed by atoms with van der Waals surface area (Å²) in [5, 5.41) is 3.08. The first-order chi connectivity index (χ1) is 8.26. The van der Waals surface area contributed by atoms with E-state index >= 15 is 0 Å². The average molecular weight is 253 g/mol. The van der Waals surface area contributed by atoms with Crippen molar-refractivity contribution in [1.82, 2.24) is 8.75 Å². The molecule has 0 aliphatic heterocycles. The monoisotopic (exact) mass is 253 g/mol. The minimum absolute atomic E-state index is 0.323. The lowest BCUT2D eigenvalue weighted by Crippen LogP contribution is -1.99. The van der Waals surface area contributed by atoms with Crippen LogP contribution in [0, 0.1) is 5.82 Å². The first kappa shape index (κ1) is 11.8. The molecule has 0 aliphatic rings. The summed E-state index contributed by atoms with van der Waals surface area (Å²) >= 11 is 1.09. The molecule has 90 valence electrons. The number of nitrogens with zero attached hydrogens (tertiary/aromatic N) is 2. The molecule has 2 aromatic rings. The molecule has 0 fully saturated rings. The van der Waals surface area contributed by atoms with Crippen LogP contribution in [0.2, 0.25) is 0 Å². The molecule has 0 atom stereocenters. The topological polar surface area (TPSA) is 47.0 Å². The van der Waals surface area contributed by atoms with Crippen molar-refractivity contribution in [2.75, 3.05) is 19.0 Å². The zero-order valence-electron chi connectivity index (χ0n) is 9.53. The van der Waals surface area contributed by atoms with Gasteiger partial charge in [-0.2, -0.15) is 8.75 Å². The first-order valence-electron chi connectivity index (χ1n) is 5.16. The van der Waals surface area contributed by atoms with E-state index in [2.05, 4.69) is 14.1 Å². The zero-order valence-corrected chi connectivity index (χ0v) is 10.3. The molecule has 2 rings (SSSR count). The Morgan fingerprint density at radius 2 is 2.24 bits per heavy atom. The van der Waals surface area contributed by atoms with Crippen molar-refractivity contribution in [2.45, 2.75) is 6.92 Å². The standard InChI is InChI=1S/C11H12FN3OS/c1-3-13-11-10(14-17-15-11)8-6-7(12)4-5-9(8)16-2/h4-6H,3H2,1-2H3,(H,13,15). The van der Waals surface area contributed by atoms with Gasteiger partial charge in [-0.1, -0.05) is 0 Å². The normalized spacial score (nSPS) is 10.3. The summed E-state index contributed by atoms with van der Waals surface area (Å²) in [4.78, 5) is 0. The Bertz CT molecular complexity index is 515. The number of hydrogen-bond donors (Lipinski definition) is 1. The predicted octanol–water partition coefficient (Wildman–Crippen LogP) is 2.78. The Labute approximate surface area is 103 Å². The summed E-state index contributed by atoms with van der Waals surface area (Å²) in [6.45, 7) is 2.70. The number of ether oxygens (including phenoxy) is 1. The van der Waals surface area contributed by atoms with Gasteiger partial charge in [0.1, 0.15) is 17.3 Å². The van der Waals surface area contributed by atoms with Gasteiger partial charge in [0.2, 0.25) is 0 Å². The van der Waals surface area contributed by atoms with Gasteiger partial charge in [-0.25, -0.2) is 4.39 Å². The van der Waals surface area contributed by atoms with Crippen molar-refractivity contribution >= 4 is 17.5 Å². The van der Waals surface area contributed by atoms with E-state index in [-0.39, 0.29) is 5.82 Å². The van der Waals surface area contributed by atoms with Crippen molar-refractivity contribution in [3.8, 4) is 17.0 Å². The van der Waals surface area contributed by atoms with Crippen molar-refractivity contribution < 1.29 is 9.13 Å². The molecule has 1 N–H and O–H groups in total. The van der Waals surface area contributed by atoms with Crippen LogP contribution in [0.4, 0.5) is 10.2 Å². The predicted molar refractivity (Wildman–Crippen MR) is 66.0 cm³/mol. The van der Waals surface area contributed by atoms with Crippen LogP contribution in [-0.2, 0) is 0 Å². The third-order valence-corrected chi connectivity index (χ3v) is 2.78. The summed E-state index contributed by atoms with van der Waals surface area (Å²) in [5.74, 6) is 0.913. The van der Waals surface area contributed by atoms with Gasteiger partial charge in [0.15, 0.2) is 5.82 Å². The second kappa shape index (κ2) is 5.09. The molecule has 0 aliphatic carbocycles. The Morgan fingerprint density at radius 3 is 2.94 bits per heavy atom. The van der Waals surface area contributed by atoms with E-state index in [0.717, 1.165) is 18.3 Å². The minimum Gasteiger partial charge on any atom is -0.496 e. The molecular weight excluding hydrogens is 241 g/mol. The summed E-state index contributed by atoms with van der Waals surface area (Å²) < 4.78 is 26.8. The van der Waals surface area contributed by atoms with Crippen LogP contribution in [-0.4, -0.2) is 22.4 Å². The smallest absolute Gasteiger partial charge is 0.168 e. The van der Waals surface area contributed by atoms with E-state index < -0.39 is 0 Å². The second-order valence-electron chi connectivity index (χ2n) is 3.34. The number of methoxy groups -OCH3 is 1. The van der Waals surface area contributed by atoms with Crippen LogP contribution in [0.15, 0.2) is 18.2 Å². The summed E-state index contributed by atoms with van der Waals surface area (Å²) in [5.41, 5.74) is 1.23. The van der Waals surface area contributed by atoms with E-state index in [1.54, 1.807) is 13.2 Å². The quantitative estimate of drug-likeness (QED) is 0.910. The Hall–Kier alpha value is -1.69. The second-order valence-corrected chi connectivity index (χ2v) is 3.86. The van der Waals surface area contributed by atoms with E-state index in [9.17, 15) is 4.39 Å². The molecule has 0 amide bonds. The van der Waals surface area contributed by atoms with E-state index in [1.165, 1.54) is 12.1 Å². The number of rotatable bonds is 4. The highest BCUT2D eigenvalue weighted by atomic mass is 32.1. The Balaban J connectivity index is 2.51. The molecule has 0 saturated heterocycles. The van der Waals surface area contributed by atoms with Crippen molar-refractivity contribution in [3.63, 3.8) is 0 Å². The minimum atomic E-state index is -0.323. The van der Waals surface area contributed by atoms with Crippen LogP contribution in [0.25, 0.3) is 11.3 Å². The molecule has 0 bridgehead atoms. The molecule has 4 nitrogen and oxygen atoms in total. The zero-order chi connectivity index (χ0) is 12.3. The fraction of sp³-hybridized carbons (Fsp3) is 0.273. The number of halogens is 1. The first-order valence-corrected chi connectivity index (χ1v) is 5.89. The largest absolute Gasteiger partial charge is 0.496 e. The molecule has 1 aromatic carbocycles. The maximum Gasteiger partial charge on any atom is 0.168 e. The van der Waals surface area contributed by atoms with Gasteiger partial charge in [-0.3, -0.25) is 0 Å². The summed E-state index contributed by atoms with van der Waals surface area (Å²) in [6, 6.07) is 4.34. The molecule has 0 radical (unpaired) electrons. The van der Waals surface area contributed by atoms with Crippen molar-refractivity contribution in [1.29, 1.82) is 0 Å². The average Bonchev–Trinajstić information content (AvgIpc) is 2.77. The van der Waals surface area contributed by atoms with Gasteiger partial charge < -0.3 is 10.1 Å². The number of anilines is 1. The molecule has 0 spiro atoms. The Kier molecular flexibility index (Phi) is 3.53. The van der Waals surface area contributed by atoms with Crippen molar-refractivity contribution in [2.24, 2.45) is 0 Å². The van der Waals surface area contributed by atoms with Gasteiger partial charge in [-0.15, -0.1) is 0 Å². The van der Waals surface area contributed by atoms with Crippen LogP contribution < -0.4 is 10.1 Å². The van der Waals surface area contributed by atoms with Crippen LogP contribution in [0.1, 0.15) is 6.92 Å². The van der Waals surface area contributed by atoms with Gasteiger partial charge in [0, 0.05) is 6.54 Å². The summed E-state index contributed by atoms with van der Waals surface area (Å²) in [7, 11) is 1.55. The lowest BCUT2D eigenvalue weighted by atomic mass is 10.1. The number of nitrogens with one attached hydrogen (secondary N) is 1. The molecule has 0 saturated carbocycles. The highest BCUT2D eigenvalue weighted by Gasteiger charge is 2.15. The number of hydrogen-bond acceptors (Lipinski definition) is 5. The lowest BCUT2D eigenvalue weighted by Gasteiger charge is -2.07. The molecule has 1 heterocycles.